The minimum absolute atomic E-state index is 0.223. The van der Waals surface area contributed by atoms with Crippen LogP contribution in [0.25, 0.3) is 11.0 Å². The molecule has 1 N–H and O–H groups in total. The lowest BCUT2D eigenvalue weighted by molar-refractivity contribution is 0.102. The molecule has 0 atom stereocenters. The molecule has 0 aliphatic carbocycles. The number of imidazole rings is 1. The number of nitrogens with zero attached hydrogens (tertiary/aromatic N) is 2. The summed E-state index contributed by atoms with van der Waals surface area (Å²) in [7, 11) is 0. The van der Waals surface area contributed by atoms with Gasteiger partial charge in [0.2, 0.25) is 5.95 Å². The second-order valence-corrected chi connectivity index (χ2v) is 4.13. The highest BCUT2D eigenvalue weighted by Crippen LogP contribution is 2.19. The standard InChI is InChI=1S/C14H13N3O2/c1-2-17-12-6-4-3-5-11(12)15-14(17)16-13(18)10-7-8-19-9-10/h3-9H,2H2,1H3,(H,15,16,18). The second kappa shape index (κ2) is 4.61. The number of carbonyl (C=O) groups excluding carboxylic acids is 1. The van der Waals surface area contributed by atoms with Gasteiger partial charge in [-0.1, -0.05) is 12.1 Å². The van der Waals surface area contributed by atoms with Crippen molar-refractivity contribution in [2.24, 2.45) is 0 Å². The molecule has 0 saturated carbocycles. The van der Waals surface area contributed by atoms with E-state index in [1.54, 1.807) is 6.07 Å². The van der Waals surface area contributed by atoms with Crippen LogP contribution >= 0.6 is 0 Å². The van der Waals surface area contributed by atoms with Crippen molar-refractivity contribution in [1.29, 1.82) is 0 Å². The first-order valence-electron chi connectivity index (χ1n) is 6.08. The van der Waals surface area contributed by atoms with Crippen LogP contribution in [-0.4, -0.2) is 15.5 Å². The number of aromatic nitrogens is 2. The van der Waals surface area contributed by atoms with Crippen molar-refractivity contribution in [3.63, 3.8) is 0 Å². The highest BCUT2D eigenvalue weighted by atomic mass is 16.3. The number of nitrogens with one attached hydrogen (secondary N) is 1. The lowest BCUT2D eigenvalue weighted by Crippen LogP contribution is -2.15. The number of hydrogen-bond donors (Lipinski definition) is 1. The van der Waals surface area contributed by atoms with Gasteiger partial charge >= 0.3 is 0 Å². The van der Waals surface area contributed by atoms with Crippen LogP contribution in [0, 0.1) is 0 Å². The van der Waals surface area contributed by atoms with Gasteiger partial charge in [0.25, 0.3) is 5.91 Å². The number of aryl methyl sites for hydroxylation is 1. The van der Waals surface area contributed by atoms with Gasteiger partial charge in [0.1, 0.15) is 6.26 Å². The van der Waals surface area contributed by atoms with Gasteiger partial charge in [-0.2, -0.15) is 0 Å². The molecule has 0 fully saturated rings. The van der Waals surface area contributed by atoms with Gasteiger partial charge in [0.15, 0.2) is 0 Å². The number of hydrogen-bond acceptors (Lipinski definition) is 3. The lowest BCUT2D eigenvalue weighted by atomic mass is 10.3. The van der Waals surface area contributed by atoms with E-state index in [2.05, 4.69) is 10.3 Å². The Morgan fingerprint density at radius 2 is 2.21 bits per heavy atom. The van der Waals surface area contributed by atoms with Crippen molar-refractivity contribution in [2.45, 2.75) is 13.5 Å². The van der Waals surface area contributed by atoms with Crippen LogP contribution < -0.4 is 5.32 Å². The number of para-hydroxylation sites is 2. The Bertz CT molecular complexity index is 713. The van der Waals surface area contributed by atoms with Gasteiger partial charge in [-0.3, -0.25) is 10.1 Å². The van der Waals surface area contributed by atoms with Crippen molar-refractivity contribution in [3.05, 3.63) is 48.4 Å². The number of anilines is 1. The van der Waals surface area contributed by atoms with E-state index in [4.69, 9.17) is 4.42 Å². The second-order valence-electron chi connectivity index (χ2n) is 4.13. The first-order valence-corrected chi connectivity index (χ1v) is 6.08. The average Bonchev–Trinajstić information content (AvgIpc) is 3.05. The van der Waals surface area contributed by atoms with E-state index in [1.165, 1.54) is 12.5 Å². The van der Waals surface area contributed by atoms with Crippen molar-refractivity contribution in [2.75, 3.05) is 5.32 Å². The van der Waals surface area contributed by atoms with Crippen LogP contribution in [0.15, 0.2) is 47.3 Å². The molecule has 1 amide bonds. The maximum absolute atomic E-state index is 12.0. The Balaban J connectivity index is 1.99. The summed E-state index contributed by atoms with van der Waals surface area (Å²) < 4.78 is 6.87. The van der Waals surface area contributed by atoms with E-state index < -0.39 is 0 Å². The van der Waals surface area contributed by atoms with E-state index in [-0.39, 0.29) is 5.91 Å². The first kappa shape index (κ1) is 11.5. The molecule has 19 heavy (non-hydrogen) atoms. The summed E-state index contributed by atoms with van der Waals surface area (Å²) in [6, 6.07) is 9.41. The molecule has 0 radical (unpaired) electrons. The molecule has 1 aromatic carbocycles. The number of fused-ring (bicyclic) bond motifs is 1. The molecule has 3 rings (SSSR count). The van der Waals surface area contributed by atoms with E-state index in [0.29, 0.717) is 11.5 Å². The van der Waals surface area contributed by atoms with Gasteiger partial charge in [-0.05, 0) is 25.1 Å². The third-order valence-electron chi connectivity index (χ3n) is 2.98. The molecule has 0 bridgehead atoms. The Morgan fingerprint density at radius 3 is 2.95 bits per heavy atom. The van der Waals surface area contributed by atoms with E-state index in [0.717, 1.165) is 17.6 Å². The maximum atomic E-state index is 12.0. The predicted molar refractivity (Wildman–Crippen MR) is 72.1 cm³/mol. The van der Waals surface area contributed by atoms with Gasteiger partial charge in [0, 0.05) is 6.54 Å². The molecule has 0 aliphatic heterocycles. The van der Waals surface area contributed by atoms with E-state index >= 15 is 0 Å². The number of carbonyl (C=O) groups is 1. The van der Waals surface area contributed by atoms with Crippen LogP contribution in [0.1, 0.15) is 17.3 Å². The minimum atomic E-state index is -0.223. The monoisotopic (exact) mass is 255 g/mol. The molecule has 2 aromatic heterocycles. The summed E-state index contributed by atoms with van der Waals surface area (Å²) in [5.41, 5.74) is 2.36. The summed E-state index contributed by atoms with van der Waals surface area (Å²) in [6.07, 6.45) is 2.88. The summed E-state index contributed by atoms with van der Waals surface area (Å²) >= 11 is 0. The lowest BCUT2D eigenvalue weighted by Gasteiger charge is -2.06. The zero-order chi connectivity index (χ0) is 13.2. The largest absolute Gasteiger partial charge is 0.472 e. The Morgan fingerprint density at radius 1 is 1.37 bits per heavy atom. The van der Waals surface area contributed by atoms with Crippen LogP contribution in [0.3, 0.4) is 0 Å². The van der Waals surface area contributed by atoms with Crippen molar-refractivity contribution >= 4 is 22.9 Å². The topological polar surface area (TPSA) is 60.1 Å². The smallest absolute Gasteiger partial charge is 0.261 e. The van der Waals surface area contributed by atoms with Gasteiger partial charge in [0.05, 0.1) is 22.9 Å². The molecule has 0 saturated heterocycles. The molecule has 96 valence electrons. The zero-order valence-electron chi connectivity index (χ0n) is 10.5. The molecular weight excluding hydrogens is 242 g/mol. The predicted octanol–water partition coefficient (Wildman–Crippen LogP) is 2.90. The fourth-order valence-corrected chi connectivity index (χ4v) is 2.06. The SMILES string of the molecule is CCn1c(NC(=O)c2ccoc2)nc2ccccc21. The average molecular weight is 255 g/mol. The molecule has 0 spiro atoms. The normalized spacial score (nSPS) is 10.8. The number of amides is 1. The molecule has 3 aromatic rings. The van der Waals surface area contributed by atoms with E-state index in [9.17, 15) is 4.79 Å². The number of rotatable bonds is 3. The van der Waals surface area contributed by atoms with Gasteiger partial charge in [-0.25, -0.2) is 4.98 Å². The fourth-order valence-electron chi connectivity index (χ4n) is 2.06. The zero-order valence-corrected chi connectivity index (χ0v) is 10.5. The summed E-state index contributed by atoms with van der Waals surface area (Å²) in [5.74, 6) is 0.327. The molecule has 2 heterocycles. The van der Waals surface area contributed by atoms with Crippen LogP contribution in [0.5, 0.6) is 0 Å². The molecule has 0 unspecified atom stereocenters. The van der Waals surface area contributed by atoms with Gasteiger partial charge < -0.3 is 8.98 Å². The number of benzene rings is 1. The third kappa shape index (κ3) is 1.99. The molecular formula is C14H13N3O2. The number of furan rings is 1. The van der Waals surface area contributed by atoms with Crippen LogP contribution in [0.4, 0.5) is 5.95 Å². The summed E-state index contributed by atoms with van der Waals surface area (Å²) in [6.45, 7) is 2.75. The minimum Gasteiger partial charge on any atom is -0.472 e. The fraction of sp³-hybridized carbons (Fsp3) is 0.143. The van der Waals surface area contributed by atoms with E-state index in [1.807, 2.05) is 35.8 Å². The summed E-state index contributed by atoms with van der Waals surface area (Å²) in [5, 5.41) is 2.81. The molecule has 5 heteroatoms. The third-order valence-corrected chi connectivity index (χ3v) is 2.98. The van der Waals surface area contributed by atoms with Crippen molar-refractivity contribution in [1.82, 2.24) is 9.55 Å². The highest BCUT2D eigenvalue weighted by molar-refractivity contribution is 6.03. The Kier molecular flexibility index (Phi) is 2.79. The molecule has 0 aliphatic rings. The Hall–Kier alpha value is -2.56. The first-order chi connectivity index (χ1) is 9.29. The van der Waals surface area contributed by atoms with Crippen molar-refractivity contribution < 1.29 is 9.21 Å². The van der Waals surface area contributed by atoms with Gasteiger partial charge in [-0.15, -0.1) is 0 Å². The quantitative estimate of drug-likeness (QED) is 0.782. The maximum Gasteiger partial charge on any atom is 0.261 e. The summed E-state index contributed by atoms with van der Waals surface area (Å²) in [4.78, 5) is 16.4. The highest BCUT2D eigenvalue weighted by Gasteiger charge is 2.13. The van der Waals surface area contributed by atoms with Crippen LogP contribution in [-0.2, 0) is 6.54 Å². The van der Waals surface area contributed by atoms with Crippen LogP contribution in [0.2, 0.25) is 0 Å². The Labute approximate surface area is 109 Å². The van der Waals surface area contributed by atoms with Crippen molar-refractivity contribution in [3.8, 4) is 0 Å². The molecule has 5 nitrogen and oxygen atoms in total.